The summed E-state index contributed by atoms with van der Waals surface area (Å²) in [5.74, 6) is -1.24. The molecule has 1 fully saturated rings. The summed E-state index contributed by atoms with van der Waals surface area (Å²) in [6.45, 7) is 5.76. The van der Waals surface area contributed by atoms with E-state index in [4.69, 9.17) is 0 Å². The summed E-state index contributed by atoms with van der Waals surface area (Å²) in [6.07, 6.45) is 7.82. The van der Waals surface area contributed by atoms with Crippen molar-refractivity contribution in [2.75, 3.05) is 0 Å². The van der Waals surface area contributed by atoms with Gasteiger partial charge in [0.05, 0.1) is 0 Å². The second-order valence-electron chi connectivity index (χ2n) is 6.46. The first-order valence-corrected chi connectivity index (χ1v) is 8.60. The van der Waals surface area contributed by atoms with E-state index in [1.807, 2.05) is 32.9 Å². The van der Waals surface area contributed by atoms with Crippen LogP contribution in [0, 0.1) is 17.8 Å². The Labute approximate surface area is 138 Å². The van der Waals surface area contributed by atoms with Gasteiger partial charge in [0.25, 0.3) is 0 Å². The van der Waals surface area contributed by atoms with Crippen molar-refractivity contribution in [1.29, 1.82) is 0 Å². The smallest absolute Gasteiger partial charge is 0.326 e. The molecule has 1 aliphatic rings. The van der Waals surface area contributed by atoms with E-state index in [1.54, 1.807) is 0 Å². The quantitative estimate of drug-likeness (QED) is 0.639. The average Bonchev–Trinajstić information content (AvgIpc) is 2.84. The lowest BCUT2D eigenvalue weighted by atomic mass is 9.89. The van der Waals surface area contributed by atoms with Crippen LogP contribution in [0.4, 0.5) is 0 Å². The zero-order valence-electron chi connectivity index (χ0n) is 14.4. The Morgan fingerprint density at radius 2 is 2.04 bits per heavy atom. The van der Waals surface area contributed by atoms with Gasteiger partial charge in [-0.15, -0.1) is 0 Å². The number of nitrogens with one attached hydrogen (secondary N) is 1. The van der Waals surface area contributed by atoms with Crippen LogP contribution in [0.15, 0.2) is 12.2 Å². The minimum absolute atomic E-state index is 0.0235. The minimum atomic E-state index is -1.00. The number of carboxylic acids is 1. The van der Waals surface area contributed by atoms with E-state index in [0.29, 0.717) is 19.3 Å². The highest BCUT2D eigenvalue weighted by Crippen LogP contribution is 2.34. The van der Waals surface area contributed by atoms with Crippen molar-refractivity contribution in [2.45, 2.75) is 65.3 Å². The number of carbonyl (C=O) groups is 3. The van der Waals surface area contributed by atoms with Crippen molar-refractivity contribution in [1.82, 2.24) is 5.32 Å². The van der Waals surface area contributed by atoms with E-state index in [0.717, 1.165) is 12.8 Å². The number of carbonyl (C=O) groups excluding carboxylic acids is 2. The van der Waals surface area contributed by atoms with Gasteiger partial charge in [0.2, 0.25) is 5.91 Å². The molecule has 0 bridgehead atoms. The van der Waals surface area contributed by atoms with Gasteiger partial charge < -0.3 is 10.4 Å². The molecule has 0 saturated heterocycles. The fraction of sp³-hybridized carbons (Fsp3) is 0.722. The number of hydrogen-bond acceptors (Lipinski definition) is 3. The van der Waals surface area contributed by atoms with Crippen LogP contribution in [0.3, 0.4) is 0 Å². The zero-order valence-corrected chi connectivity index (χ0v) is 14.4. The zero-order chi connectivity index (χ0) is 17.4. The van der Waals surface area contributed by atoms with Gasteiger partial charge in [0.1, 0.15) is 11.8 Å². The third-order valence-electron chi connectivity index (χ3n) is 4.78. The van der Waals surface area contributed by atoms with Crippen LogP contribution >= 0.6 is 0 Å². The number of allylic oxidation sites excluding steroid dienone is 2. The van der Waals surface area contributed by atoms with Gasteiger partial charge >= 0.3 is 5.97 Å². The number of amides is 1. The molecule has 0 aromatic rings. The van der Waals surface area contributed by atoms with Crippen LogP contribution in [0.5, 0.6) is 0 Å². The fourth-order valence-corrected chi connectivity index (χ4v) is 3.11. The molecule has 0 spiro atoms. The molecule has 0 heterocycles. The molecule has 5 heteroatoms. The Morgan fingerprint density at radius 1 is 1.35 bits per heavy atom. The molecule has 0 aliphatic heterocycles. The average molecular weight is 323 g/mol. The molecule has 0 unspecified atom stereocenters. The number of aliphatic carboxylic acids is 1. The second-order valence-corrected chi connectivity index (χ2v) is 6.46. The molecule has 2 N–H and O–H groups in total. The Kier molecular flexibility index (Phi) is 8.00. The summed E-state index contributed by atoms with van der Waals surface area (Å²) < 4.78 is 0. The van der Waals surface area contributed by atoms with Crippen molar-refractivity contribution in [3.05, 3.63) is 12.2 Å². The molecule has 1 saturated carbocycles. The Morgan fingerprint density at radius 3 is 2.61 bits per heavy atom. The number of hydrogen-bond donors (Lipinski definition) is 2. The summed E-state index contributed by atoms with van der Waals surface area (Å²) in [5.41, 5.74) is 0. The van der Waals surface area contributed by atoms with Gasteiger partial charge in [-0.3, -0.25) is 9.59 Å². The van der Waals surface area contributed by atoms with Gasteiger partial charge in [-0.1, -0.05) is 39.3 Å². The molecule has 1 amide bonds. The lowest BCUT2D eigenvalue weighted by Gasteiger charge is -2.22. The van der Waals surface area contributed by atoms with Crippen LogP contribution in [-0.2, 0) is 14.4 Å². The van der Waals surface area contributed by atoms with Crippen molar-refractivity contribution in [3.8, 4) is 0 Å². The Bertz CT molecular complexity index is 458. The SMILES string of the molecule is CC/C=C\C[C@@H]1C(=O)CC[C@H]1CC(=O)N[C@H](C(=O)O)[C@@H](C)CC. The van der Waals surface area contributed by atoms with Gasteiger partial charge in [-0.25, -0.2) is 4.79 Å². The standard InChI is InChI=1S/C18H29NO4/c1-4-6-7-8-14-13(9-10-15(14)20)11-16(21)19-17(18(22)23)12(3)5-2/h6-7,12-14,17H,4-5,8-11H2,1-3H3,(H,19,21)(H,22,23)/b7-6-/t12-,13-,14-,17-/m0/s1. The Balaban J connectivity index is 2.62. The lowest BCUT2D eigenvalue weighted by molar-refractivity contribution is -0.143. The van der Waals surface area contributed by atoms with E-state index in [-0.39, 0.29) is 35.9 Å². The van der Waals surface area contributed by atoms with E-state index in [1.165, 1.54) is 0 Å². The first-order chi connectivity index (χ1) is 10.9. The predicted octanol–water partition coefficient (Wildman–Crippen LogP) is 2.94. The second kappa shape index (κ2) is 9.48. The van der Waals surface area contributed by atoms with Crippen LogP contribution < -0.4 is 5.32 Å². The van der Waals surface area contributed by atoms with E-state index < -0.39 is 12.0 Å². The fourth-order valence-electron chi connectivity index (χ4n) is 3.11. The molecule has 1 aliphatic carbocycles. The highest BCUT2D eigenvalue weighted by Gasteiger charge is 2.35. The first kappa shape index (κ1) is 19.4. The summed E-state index contributed by atoms with van der Waals surface area (Å²) in [5, 5.41) is 11.9. The van der Waals surface area contributed by atoms with Gasteiger partial charge in [-0.05, 0) is 31.1 Å². The van der Waals surface area contributed by atoms with E-state index in [9.17, 15) is 19.5 Å². The molecular weight excluding hydrogens is 294 g/mol. The molecule has 5 nitrogen and oxygen atoms in total. The van der Waals surface area contributed by atoms with Crippen LogP contribution in [-0.4, -0.2) is 28.8 Å². The molecule has 23 heavy (non-hydrogen) atoms. The van der Waals surface area contributed by atoms with Gasteiger partial charge in [-0.2, -0.15) is 0 Å². The maximum Gasteiger partial charge on any atom is 0.326 e. The third kappa shape index (κ3) is 5.81. The number of Topliss-reactive ketones (excluding diaryl/α,β-unsaturated/α-hetero) is 1. The summed E-state index contributed by atoms with van der Waals surface area (Å²) in [6, 6.07) is -0.858. The summed E-state index contributed by atoms with van der Waals surface area (Å²) >= 11 is 0. The highest BCUT2D eigenvalue weighted by molar-refractivity contribution is 5.87. The largest absolute Gasteiger partial charge is 0.480 e. The third-order valence-corrected chi connectivity index (χ3v) is 4.78. The van der Waals surface area contributed by atoms with Crippen molar-refractivity contribution < 1.29 is 19.5 Å². The van der Waals surface area contributed by atoms with Crippen LogP contribution in [0.2, 0.25) is 0 Å². The molecule has 0 radical (unpaired) electrons. The number of rotatable bonds is 9. The summed E-state index contributed by atoms with van der Waals surface area (Å²) in [7, 11) is 0. The highest BCUT2D eigenvalue weighted by atomic mass is 16.4. The molecule has 1 rings (SSSR count). The summed E-state index contributed by atoms with van der Waals surface area (Å²) in [4.78, 5) is 35.5. The number of carboxylic acid groups (broad SMARTS) is 1. The maximum absolute atomic E-state index is 12.2. The molecule has 0 aromatic heterocycles. The number of ketones is 1. The van der Waals surface area contributed by atoms with E-state index in [2.05, 4.69) is 5.32 Å². The van der Waals surface area contributed by atoms with Gasteiger partial charge in [0, 0.05) is 18.8 Å². The van der Waals surface area contributed by atoms with Crippen molar-refractivity contribution >= 4 is 17.7 Å². The maximum atomic E-state index is 12.2. The van der Waals surface area contributed by atoms with Crippen molar-refractivity contribution in [3.63, 3.8) is 0 Å². The van der Waals surface area contributed by atoms with E-state index >= 15 is 0 Å². The van der Waals surface area contributed by atoms with Crippen LogP contribution in [0.25, 0.3) is 0 Å². The molecule has 0 aromatic carbocycles. The topological polar surface area (TPSA) is 83.5 Å². The van der Waals surface area contributed by atoms with Gasteiger partial charge in [0.15, 0.2) is 0 Å². The minimum Gasteiger partial charge on any atom is -0.480 e. The molecule has 130 valence electrons. The predicted molar refractivity (Wildman–Crippen MR) is 88.9 cm³/mol. The first-order valence-electron chi connectivity index (χ1n) is 8.60. The lowest BCUT2D eigenvalue weighted by Crippen LogP contribution is -2.45. The molecular formula is C18H29NO4. The molecule has 4 atom stereocenters. The Hall–Kier alpha value is -1.65. The monoisotopic (exact) mass is 323 g/mol. The normalized spacial score (nSPS) is 23.9. The van der Waals surface area contributed by atoms with Crippen LogP contribution in [0.1, 0.15) is 59.3 Å². The van der Waals surface area contributed by atoms with Crippen molar-refractivity contribution in [2.24, 2.45) is 17.8 Å².